The lowest BCUT2D eigenvalue weighted by molar-refractivity contribution is -0.136. The highest BCUT2D eigenvalue weighted by Crippen LogP contribution is 2.18. The Hall–Kier alpha value is -2.61. The van der Waals surface area contributed by atoms with E-state index in [0.717, 1.165) is 12.8 Å². The van der Waals surface area contributed by atoms with Crippen molar-refractivity contribution in [3.63, 3.8) is 0 Å². The van der Waals surface area contributed by atoms with Gasteiger partial charge in [-0.1, -0.05) is 0 Å². The number of rotatable bonds is 8. The highest BCUT2D eigenvalue weighted by Gasteiger charge is 2.27. The number of amides is 3. The van der Waals surface area contributed by atoms with Gasteiger partial charge in [0, 0.05) is 31.7 Å². The first-order valence-electron chi connectivity index (χ1n) is 8.79. The number of likely N-dealkylation sites (tertiary alicyclic amines) is 1. The minimum Gasteiger partial charge on any atom is -0.493 e. The van der Waals surface area contributed by atoms with Gasteiger partial charge in [0.15, 0.2) is 0 Å². The van der Waals surface area contributed by atoms with Crippen LogP contribution in [-0.4, -0.2) is 55.4 Å². The second-order valence-electron chi connectivity index (χ2n) is 6.25. The van der Waals surface area contributed by atoms with E-state index in [-0.39, 0.29) is 30.8 Å². The van der Waals surface area contributed by atoms with Crippen molar-refractivity contribution >= 4 is 17.7 Å². The third-order valence-electron chi connectivity index (χ3n) is 4.31. The van der Waals surface area contributed by atoms with Crippen molar-refractivity contribution in [1.29, 1.82) is 0 Å². The van der Waals surface area contributed by atoms with E-state index in [0.29, 0.717) is 37.5 Å². The first kappa shape index (κ1) is 19.7. The number of nitrogens with zero attached hydrogens (tertiary/aromatic N) is 1. The van der Waals surface area contributed by atoms with Crippen molar-refractivity contribution in [3.05, 3.63) is 29.8 Å². The number of carbonyl (C=O) groups excluding carboxylic acids is 3. The van der Waals surface area contributed by atoms with E-state index >= 15 is 0 Å². The number of benzene rings is 1. The van der Waals surface area contributed by atoms with Gasteiger partial charge in [-0.2, -0.15) is 0 Å². The van der Waals surface area contributed by atoms with E-state index in [1.54, 1.807) is 29.2 Å². The number of hydrogen-bond acceptors (Lipinski definition) is 5. The van der Waals surface area contributed by atoms with Gasteiger partial charge in [0.05, 0.1) is 18.9 Å². The maximum atomic E-state index is 12.3. The maximum absolute atomic E-state index is 12.3. The van der Waals surface area contributed by atoms with E-state index < -0.39 is 5.91 Å². The van der Waals surface area contributed by atoms with E-state index in [9.17, 15) is 14.4 Å². The first-order chi connectivity index (χ1) is 12.5. The fourth-order valence-corrected chi connectivity index (χ4v) is 2.89. The molecule has 142 valence electrons. The fraction of sp³-hybridized carbons (Fsp3) is 0.500. The number of hydrogen-bond donors (Lipinski definition) is 3. The molecule has 1 unspecified atom stereocenters. The van der Waals surface area contributed by atoms with Gasteiger partial charge < -0.3 is 26.4 Å². The molecule has 1 heterocycles. The quantitative estimate of drug-likeness (QED) is 0.593. The minimum absolute atomic E-state index is 0.0323. The normalized spacial score (nSPS) is 16.8. The van der Waals surface area contributed by atoms with Gasteiger partial charge in [-0.05, 0) is 37.1 Å². The fourth-order valence-electron chi connectivity index (χ4n) is 2.89. The predicted molar refractivity (Wildman–Crippen MR) is 96.4 cm³/mol. The van der Waals surface area contributed by atoms with Crippen LogP contribution in [0.15, 0.2) is 24.3 Å². The van der Waals surface area contributed by atoms with Crippen molar-refractivity contribution in [2.24, 2.45) is 17.4 Å². The Labute approximate surface area is 152 Å². The Morgan fingerprint density at radius 1 is 1.23 bits per heavy atom. The summed E-state index contributed by atoms with van der Waals surface area (Å²) in [5, 5.41) is 2.78. The van der Waals surface area contributed by atoms with E-state index in [1.807, 2.05) is 0 Å². The predicted octanol–water partition coefficient (Wildman–Crippen LogP) is -0.132. The van der Waals surface area contributed by atoms with Crippen molar-refractivity contribution in [2.45, 2.75) is 19.3 Å². The minimum atomic E-state index is -0.498. The van der Waals surface area contributed by atoms with Gasteiger partial charge in [-0.25, -0.2) is 0 Å². The number of nitrogens with one attached hydrogen (secondary N) is 1. The molecule has 0 saturated carbocycles. The van der Waals surface area contributed by atoms with Crippen molar-refractivity contribution in [2.75, 3.05) is 32.8 Å². The second kappa shape index (κ2) is 9.76. The van der Waals surface area contributed by atoms with E-state index in [4.69, 9.17) is 16.2 Å². The summed E-state index contributed by atoms with van der Waals surface area (Å²) in [6.07, 6.45) is 1.82. The summed E-state index contributed by atoms with van der Waals surface area (Å²) in [5.41, 5.74) is 11.0. The zero-order valence-electron chi connectivity index (χ0n) is 14.8. The zero-order valence-corrected chi connectivity index (χ0v) is 14.8. The lowest BCUT2D eigenvalue weighted by atomic mass is 9.97. The molecule has 0 bridgehead atoms. The topological polar surface area (TPSA) is 128 Å². The van der Waals surface area contributed by atoms with Crippen LogP contribution in [0.5, 0.6) is 5.75 Å². The molecule has 0 aliphatic carbocycles. The standard InChI is InChI=1S/C18H26N4O4/c19-8-9-21-18(25)14-2-1-10-22(12-14)16(23)7-11-26-15-5-3-13(4-6-15)17(20)24/h3-6,14H,1-2,7-12,19H2,(H2,20,24)(H,21,25). The Kier molecular flexibility index (Phi) is 7.40. The number of primary amides is 1. The summed E-state index contributed by atoms with van der Waals surface area (Å²) in [5.74, 6) is -0.183. The molecule has 2 rings (SSSR count). The van der Waals surface area contributed by atoms with Crippen molar-refractivity contribution in [1.82, 2.24) is 10.2 Å². The lowest BCUT2D eigenvalue weighted by Gasteiger charge is -2.32. The van der Waals surface area contributed by atoms with Gasteiger partial charge in [-0.15, -0.1) is 0 Å². The summed E-state index contributed by atoms with van der Waals surface area (Å²) >= 11 is 0. The number of piperidine rings is 1. The molecular weight excluding hydrogens is 336 g/mol. The SMILES string of the molecule is NCCNC(=O)C1CCCN(C(=O)CCOc2ccc(C(N)=O)cc2)C1. The molecule has 1 aliphatic heterocycles. The van der Waals surface area contributed by atoms with Gasteiger partial charge in [0.1, 0.15) is 5.75 Å². The van der Waals surface area contributed by atoms with E-state index in [2.05, 4.69) is 5.32 Å². The summed E-state index contributed by atoms with van der Waals surface area (Å²) in [6, 6.07) is 6.44. The molecule has 1 aliphatic rings. The average Bonchev–Trinajstić information content (AvgIpc) is 2.66. The Bertz CT molecular complexity index is 633. The molecule has 1 aromatic carbocycles. The van der Waals surface area contributed by atoms with E-state index in [1.165, 1.54) is 0 Å². The molecule has 0 radical (unpaired) electrons. The molecule has 0 aromatic heterocycles. The molecular formula is C18H26N4O4. The smallest absolute Gasteiger partial charge is 0.248 e. The molecule has 8 heteroatoms. The summed E-state index contributed by atoms with van der Waals surface area (Å²) in [4.78, 5) is 37.1. The van der Waals surface area contributed by atoms with Crippen LogP contribution in [0.25, 0.3) is 0 Å². The highest BCUT2D eigenvalue weighted by atomic mass is 16.5. The Morgan fingerprint density at radius 2 is 1.96 bits per heavy atom. The second-order valence-corrected chi connectivity index (χ2v) is 6.25. The third-order valence-corrected chi connectivity index (χ3v) is 4.31. The van der Waals surface area contributed by atoms with Crippen LogP contribution in [0.2, 0.25) is 0 Å². The van der Waals surface area contributed by atoms with Crippen LogP contribution < -0.4 is 21.5 Å². The average molecular weight is 362 g/mol. The van der Waals surface area contributed by atoms with Gasteiger partial charge in [0.2, 0.25) is 17.7 Å². The molecule has 5 N–H and O–H groups in total. The maximum Gasteiger partial charge on any atom is 0.248 e. The Morgan fingerprint density at radius 3 is 2.62 bits per heavy atom. The van der Waals surface area contributed by atoms with Gasteiger partial charge in [0.25, 0.3) is 0 Å². The summed E-state index contributed by atoms with van der Waals surface area (Å²) < 4.78 is 5.54. The molecule has 26 heavy (non-hydrogen) atoms. The van der Waals surface area contributed by atoms with Gasteiger partial charge >= 0.3 is 0 Å². The Balaban J connectivity index is 1.76. The molecule has 8 nitrogen and oxygen atoms in total. The monoisotopic (exact) mass is 362 g/mol. The summed E-state index contributed by atoms with van der Waals surface area (Å²) in [7, 11) is 0. The van der Waals surface area contributed by atoms with Crippen LogP contribution in [0.4, 0.5) is 0 Å². The van der Waals surface area contributed by atoms with Crippen molar-refractivity contribution < 1.29 is 19.1 Å². The van der Waals surface area contributed by atoms with Gasteiger partial charge in [-0.3, -0.25) is 14.4 Å². The zero-order chi connectivity index (χ0) is 18.9. The van der Waals surface area contributed by atoms with Crippen LogP contribution in [0, 0.1) is 5.92 Å². The number of nitrogens with two attached hydrogens (primary N) is 2. The largest absolute Gasteiger partial charge is 0.493 e. The number of ether oxygens (including phenoxy) is 1. The first-order valence-corrected chi connectivity index (χ1v) is 8.79. The molecule has 1 atom stereocenters. The van der Waals surface area contributed by atoms with Crippen LogP contribution in [0.1, 0.15) is 29.6 Å². The lowest BCUT2D eigenvalue weighted by Crippen LogP contribution is -2.46. The van der Waals surface area contributed by atoms with Crippen molar-refractivity contribution in [3.8, 4) is 5.75 Å². The molecule has 3 amide bonds. The molecule has 1 fully saturated rings. The summed E-state index contributed by atoms with van der Waals surface area (Å²) in [6.45, 7) is 2.18. The van der Waals surface area contributed by atoms with Crippen LogP contribution in [-0.2, 0) is 9.59 Å². The molecule has 0 spiro atoms. The third kappa shape index (κ3) is 5.73. The van der Waals surface area contributed by atoms with Crippen LogP contribution >= 0.6 is 0 Å². The molecule has 1 aromatic rings. The highest BCUT2D eigenvalue weighted by molar-refractivity contribution is 5.92. The number of carbonyl (C=O) groups is 3. The van der Waals surface area contributed by atoms with Crippen LogP contribution in [0.3, 0.4) is 0 Å². The molecule has 1 saturated heterocycles.